The number of aliphatic hydroxyl groups excluding tert-OH is 1. The summed E-state index contributed by atoms with van der Waals surface area (Å²) in [6, 6.07) is 6.38. The second kappa shape index (κ2) is 5.10. The maximum Gasteiger partial charge on any atom is 0.336 e. The van der Waals surface area contributed by atoms with Crippen LogP contribution in [0.15, 0.2) is 56.3 Å². The predicted octanol–water partition coefficient (Wildman–Crippen LogP) is 2.86. The summed E-state index contributed by atoms with van der Waals surface area (Å²) in [5.41, 5.74) is 1.10. The standard InChI is InChI=1S/C16H14O5/c1-9(2)12(17)8-20-16-10-3-4-15(18)21-14(10)7-13-11(16)5-6-19-13/h3-7,12,17H,1,8H2,2H3/t12-/m1/s1. The predicted molar refractivity (Wildman–Crippen MR) is 78.6 cm³/mol. The van der Waals surface area contributed by atoms with Gasteiger partial charge in [-0.2, -0.15) is 0 Å². The molecular formula is C16H14O5. The van der Waals surface area contributed by atoms with Gasteiger partial charge in [-0.05, 0) is 24.6 Å². The number of ether oxygens (including phenoxy) is 1. The molecule has 0 aliphatic rings. The van der Waals surface area contributed by atoms with Gasteiger partial charge in [0.15, 0.2) is 0 Å². The van der Waals surface area contributed by atoms with Crippen LogP contribution in [0.3, 0.4) is 0 Å². The Morgan fingerprint density at radius 2 is 2.10 bits per heavy atom. The van der Waals surface area contributed by atoms with Crippen LogP contribution in [0, 0.1) is 0 Å². The number of furan rings is 1. The molecule has 2 aromatic heterocycles. The lowest BCUT2D eigenvalue weighted by Crippen LogP contribution is -2.18. The summed E-state index contributed by atoms with van der Waals surface area (Å²) in [7, 11) is 0. The lowest BCUT2D eigenvalue weighted by molar-refractivity contribution is 0.137. The van der Waals surface area contributed by atoms with E-state index in [2.05, 4.69) is 6.58 Å². The molecule has 0 saturated carbocycles. The first kappa shape index (κ1) is 13.5. The zero-order chi connectivity index (χ0) is 15.0. The van der Waals surface area contributed by atoms with E-state index >= 15 is 0 Å². The van der Waals surface area contributed by atoms with Gasteiger partial charge >= 0.3 is 5.63 Å². The van der Waals surface area contributed by atoms with Crippen LogP contribution in [-0.2, 0) is 0 Å². The van der Waals surface area contributed by atoms with Gasteiger partial charge in [-0.1, -0.05) is 6.58 Å². The van der Waals surface area contributed by atoms with Gasteiger partial charge in [-0.25, -0.2) is 4.79 Å². The van der Waals surface area contributed by atoms with Crippen molar-refractivity contribution in [1.29, 1.82) is 0 Å². The number of aliphatic hydroxyl groups is 1. The molecule has 1 atom stereocenters. The van der Waals surface area contributed by atoms with E-state index in [9.17, 15) is 9.90 Å². The molecule has 0 fully saturated rings. The third-order valence-corrected chi connectivity index (χ3v) is 3.26. The number of hydrogen-bond donors (Lipinski definition) is 1. The van der Waals surface area contributed by atoms with Crippen molar-refractivity contribution in [2.45, 2.75) is 13.0 Å². The topological polar surface area (TPSA) is 72.8 Å². The molecule has 0 spiro atoms. The Kier molecular flexibility index (Phi) is 3.27. The van der Waals surface area contributed by atoms with E-state index < -0.39 is 11.7 Å². The number of hydrogen-bond acceptors (Lipinski definition) is 5. The molecule has 3 rings (SSSR count). The first-order chi connectivity index (χ1) is 10.1. The van der Waals surface area contributed by atoms with Crippen LogP contribution in [-0.4, -0.2) is 17.8 Å². The van der Waals surface area contributed by atoms with Crippen LogP contribution in [0.5, 0.6) is 5.75 Å². The van der Waals surface area contributed by atoms with Crippen molar-refractivity contribution in [2.24, 2.45) is 0 Å². The lowest BCUT2D eigenvalue weighted by atomic mass is 10.1. The molecule has 5 nitrogen and oxygen atoms in total. The van der Waals surface area contributed by atoms with Gasteiger partial charge in [0.05, 0.1) is 17.0 Å². The van der Waals surface area contributed by atoms with Crippen molar-refractivity contribution in [1.82, 2.24) is 0 Å². The highest BCUT2D eigenvalue weighted by Crippen LogP contribution is 2.35. The third kappa shape index (κ3) is 2.43. The first-order valence-corrected chi connectivity index (χ1v) is 6.46. The molecule has 108 valence electrons. The molecule has 0 radical (unpaired) electrons. The van der Waals surface area contributed by atoms with Gasteiger partial charge in [0, 0.05) is 12.1 Å². The van der Waals surface area contributed by atoms with E-state index in [1.165, 1.54) is 12.3 Å². The SMILES string of the molecule is C=C(C)[C@H](O)COc1c2ccoc2cc2oc(=O)ccc12. The largest absolute Gasteiger partial charge is 0.489 e. The lowest BCUT2D eigenvalue weighted by Gasteiger charge is -2.14. The fourth-order valence-corrected chi connectivity index (χ4v) is 2.07. The van der Waals surface area contributed by atoms with Gasteiger partial charge in [-0.15, -0.1) is 0 Å². The smallest absolute Gasteiger partial charge is 0.336 e. The highest BCUT2D eigenvalue weighted by Gasteiger charge is 2.15. The van der Waals surface area contributed by atoms with Crippen LogP contribution in [0.2, 0.25) is 0 Å². The van der Waals surface area contributed by atoms with Gasteiger partial charge < -0.3 is 18.7 Å². The molecular weight excluding hydrogens is 272 g/mol. The first-order valence-electron chi connectivity index (χ1n) is 6.46. The Balaban J connectivity index is 2.14. The molecule has 0 bridgehead atoms. The second-order valence-corrected chi connectivity index (χ2v) is 4.88. The minimum absolute atomic E-state index is 0.0633. The molecule has 0 saturated heterocycles. The molecule has 0 amide bonds. The minimum atomic E-state index is -0.766. The van der Waals surface area contributed by atoms with E-state index in [0.29, 0.717) is 27.9 Å². The summed E-state index contributed by atoms with van der Waals surface area (Å²) < 4.78 is 16.2. The summed E-state index contributed by atoms with van der Waals surface area (Å²) >= 11 is 0. The van der Waals surface area contributed by atoms with E-state index in [-0.39, 0.29) is 6.61 Å². The second-order valence-electron chi connectivity index (χ2n) is 4.88. The van der Waals surface area contributed by atoms with Crippen molar-refractivity contribution in [2.75, 3.05) is 6.61 Å². The van der Waals surface area contributed by atoms with Crippen molar-refractivity contribution < 1.29 is 18.7 Å². The highest BCUT2D eigenvalue weighted by atomic mass is 16.5. The molecule has 5 heteroatoms. The zero-order valence-electron chi connectivity index (χ0n) is 11.5. The number of fused-ring (bicyclic) bond motifs is 2. The molecule has 0 aliphatic heterocycles. The Morgan fingerprint density at radius 3 is 2.86 bits per heavy atom. The molecule has 0 unspecified atom stereocenters. The monoisotopic (exact) mass is 286 g/mol. The Labute approximate surface area is 120 Å². The number of rotatable bonds is 4. The third-order valence-electron chi connectivity index (χ3n) is 3.26. The fourth-order valence-electron chi connectivity index (χ4n) is 2.07. The van der Waals surface area contributed by atoms with Gasteiger partial charge in [0.1, 0.15) is 29.6 Å². The Morgan fingerprint density at radius 1 is 1.33 bits per heavy atom. The number of benzene rings is 1. The van der Waals surface area contributed by atoms with Crippen molar-refractivity contribution in [3.8, 4) is 5.75 Å². The summed E-state index contributed by atoms with van der Waals surface area (Å²) in [6.45, 7) is 5.47. The summed E-state index contributed by atoms with van der Waals surface area (Å²) in [5, 5.41) is 11.2. The maximum absolute atomic E-state index is 11.3. The van der Waals surface area contributed by atoms with Gasteiger partial charge in [0.2, 0.25) is 0 Å². The molecule has 21 heavy (non-hydrogen) atoms. The van der Waals surface area contributed by atoms with Crippen molar-refractivity contribution in [3.63, 3.8) is 0 Å². The van der Waals surface area contributed by atoms with Gasteiger partial charge in [0.25, 0.3) is 0 Å². The average molecular weight is 286 g/mol. The quantitative estimate of drug-likeness (QED) is 0.589. The maximum atomic E-state index is 11.3. The van der Waals surface area contributed by atoms with Crippen LogP contribution in [0.4, 0.5) is 0 Å². The summed E-state index contributed by atoms with van der Waals surface area (Å²) in [4.78, 5) is 11.3. The zero-order valence-corrected chi connectivity index (χ0v) is 11.5. The van der Waals surface area contributed by atoms with E-state index in [0.717, 1.165) is 5.39 Å². The van der Waals surface area contributed by atoms with Crippen molar-refractivity contribution in [3.05, 3.63) is 53.1 Å². The average Bonchev–Trinajstić information content (AvgIpc) is 2.90. The minimum Gasteiger partial charge on any atom is -0.489 e. The highest BCUT2D eigenvalue weighted by molar-refractivity contribution is 6.01. The molecule has 1 N–H and O–H groups in total. The van der Waals surface area contributed by atoms with Crippen LogP contribution >= 0.6 is 0 Å². The van der Waals surface area contributed by atoms with E-state index in [1.807, 2.05) is 0 Å². The normalized spacial score (nSPS) is 12.7. The van der Waals surface area contributed by atoms with Crippen molar-refractivity contribution >= 4 is 21.9 Å². The van der Waals surface area contributed by atoms with Crippen LogP contribution < -0.4 is 10.4 Å². The van der Waals surface area contributed by atoms with Gasteiger partial charge in [-0.3, -0.25) is 0 Å². The van der Waals surface area contributed by atoms with Crippen LogP contribution in [0.1, 0.15) is 6.92 Å². The molecule has 2 heterocycles. The fraction of sp³-hybridized carbons (Fsp3) is 0.188. The van der Waals surface area contributed by atoms with E-state index in [1.54, 1.807) is 25.1 Å². The van der Waals surface area contributed by atoms with Crippen LogP contribution in [0.25, 0.3) is 21.9 Å². The molecule has 1 aromatic carbocycles. The Bertz CT molecular complexity index is 871. The summed E-state index contributed by atoms with van der Waals surface area (Å²) in [5.74, 6) is 0.514. The Hall–Kier alpha value is -2.53. The molecule has 3 aromatic rings. The summed E-state index contributed by atoms with van der Waals surface area (Å²) in [6.07, 6.45) is 0.766. The van der Waals surface area contributed by atoms with E-state index in [4.69, 9.17) is 13.6 Å². The molecule has 0 aliphatic carbocycles.